The standard InChI is InChI=1S/C19H20N4O/c1-13-22-16-15(8-11-20-17(16)23-13)18(24)21-12-19(9-5-10-19)14-6-3-2-4-7-14/h2-4,6-8,11H,5,9-10,12H2,1H3,(H,21,24)(H,20,22,23). The molecule has 122 valence electrons. The number of amides is 1. The lowest BCUT2D eigenvalue weighted by Gasteiger charge is -2.42. The molecule has 2 aromatic heterocycles. The molecule has 4 rings (SSSR count). The molecule has 0 aliphatic heterocycles. The third-order valence-corrected chi connectivity index (χ3v) is 5.04. The molecule has 0 saturated heterocycles. The molecular formula is C19H20N4O. The van der Waals surface area contributed by atoms with Crippen LogP contribution in [-0.2, 0) is 5.41 Å². The quantitative estimate of drug-likeness (QED) is 0.776. The molecule has 24 heavy (non-hydrogen) atoms. The van der Waals surface area contributed by atoms with Crippen LogP contribution in [0.4, 0.5) is 0 Å². The molecule has 1 aromatic carbocycles. The number of rotatable bonds is 4. The maximum absolute atomic E-state index is 12.7. The van der Waals surface area contributed by atoms with Crippen molar-refractivity contribution in [2.24, 2.45) is 0 Å². The Bertz CT molecular complexity index is 881. The highest BCUT2D eigenvalue weighted by atomic mass is 16.1. The molecule has 5 nitrogen and oxygen atoms in total. The molecule has 0 unspecified atom stereocenters. The first-order valence-corrected chi connectivity index (χ1v) is 8.33. The molecule has 0 spiro atoms. The molecular weight excluding hydrogens is 300 g/mol. The molecule has 0 atom stereocenters. The maximum Gasteiger partial charge on any atom is 0.253 e. The van der Waals surface area contributed by atoms with Gasteiger partial charge in [0.2, 0.25) is 0 Å². The Morgan fingerprint density at radius 3 is 2.75 bits per heavy atom. The summed E-state index contributed by atoms with van der Waals surface area (Å²) in [6.07, 6.45) is 5.08. The Hall–Kier alpha value is -2.69. The van der Waals surface area contributed by atoms with Crippen molar-refractivity contribution < 1.29 is 4.79 Å². The van der Waals surface area contributed by atoms with Crippen LogP contribution in [-0.4, -0.2) is 27.4 Å². The third kappa shape index (κ3) is 2.46. The number of fused-ring (bicyclic) bond motifs is 1. The van der Waals surface area contributed by atoms with Crippen molar-refractivity contribution in [3.05, 3.63) is 59.5 Å². The number of aryl methyl sites for hydroxylation is 1. The van der Waals surface area contributed by atoms with Crippen molar-refractivity contribution in [2.75, 3.05) is 6.54 Å². The number of nitrogens with one attached hydrogen (secondary N) is 2. The summed E-state index contributed by atoms with van der Waals surface area (Å²) >= 11 is 0. The van der Waals surface area contributed by atoms with Gasteiger partial charge in [0.05, 0.1) is 11.1 Å². The Labute approximate surface area is 140 Å². The first-order chi connectivity index (χ1) is 11.7. The molecule has 1 aliphatic rings. The fourth-order valence-corrected chi connectivity index (χ4v) is 3.52. The number of carbonyl (C=O) groups is 1. The summed E-state index contributed by atoms with van der Waals surface area (Å²) in [6.45, 7) is 2.52. The summed E-state index contributed by atoms with van der Waals surface area (Å²) in [4.78, 5) is 24.3. The first-order valence-electron chi connectivity index (χ1n) is 8.33. The van der Waals surface area contributed by atoms with Crippen LogP contribution in [0, 0.1) is 6.92 Å². The minimum atomic E-state index is -0.0757. The van der Waals surface area contributed by atoms with Gasteiger partial charge < -0.3 is 10.3 Å². The molecule has 2 N–H and O–H groups in total. The van der Waals surface area contributed by atoms with Gasteiger partial charge in [-0.05, 0) is 31.4 Å². The van der Waals surface area contributed by atoms with Gasteiger partial charge in [0, 0.05) is 18.2 Å². The molecule has 2 heterocycles. The van der Waals surface area contributed by atoms with E-state index in [2.05, 4.69) is 44.5 Å². The van der Waals surface area contributed by atoms with Crippen LogP contribution in [0.15, 0.2) is 42.6 Å². The van der Waals surface area contributed by atoms with Crippen molar-refractivity contribution in [3.8, 4) is 0 Å². The largest absolute Gasteiger partial charge is 0.351 e. The third-order valence-electron chi connectivity index (χ3n) is 5.04. The Morgan fingerprint density at radius 1 is 1.25 bits per heavy atom. The number of pyridine rings is 1. The number of aromatic amines is 1. The average Bonchev–Trinajstić information content (AvgIpc) is 2.94. The van der Waals surface area contributed by atoms with Gasteiger partial charge in [-0.3, -0.25) is 4.79 Å². The van der Waals surface area contributed by atoms with E-state index in [1.807, 2.05) is 13.0 Å². The number of aromatic nitrogens is 3. The summed E-state index contributed by atoms with van der Waals surface area (Å²) in [5.74, 6) is 0.686. The lowest BCUT2D eigenvalue weighted by Crippen LogP contribution is -2.45. The Kier molecular flexibility index (Phi) is 3.56. The van der Waals surface area contributed by atoms with Crippen LogP contribution in [0.25, 0.3) is 11.2 Å². The van der Waals surface area contributed by atoms with Gasteiger partial charge in [-0.1, -0.05) is 36.8 Å². The smallest absolute Gasteiger partial charge is 0.253 e. The van der Waals surface area contributed by atoms with Crippen molar-refractivity contribution >= 4 is 17.1 Å². The van der Waals surface area contributed by atoms with Gasteiger partial charge in [-0.15, -0.1) is 0 Å². The van der Waals surface area contributed by atoms with Gasteiger partial charge in [0.15, 0.2) is 5.65 Å². The predicted molar refractivity (Wildman–Crippen MR) is 92.9 cm³/mol. The van der Waals surface area contributed by atoms with E-state index in [9.17, 15) is 4.79 Å². The lowest BCUT2D eigenvalue weighted by molar-refractivity contribution is 0.0929. The number of benzene rings is 1. The van der Waals surface area contributed by atoms with Crippen LogP contribution >= 0.6 is 0 Å². The van der Waals surface area contributed by atoms with Crippen molar-refractivity contribution in [1.29, 1.82) is 0 Å². The minimum absolute atomic E-state index is 0.0757. The van der Waals surface area contributed by atoms with Gasteiger partial charge in [-0.2, -0.15) is 0 Å². The summed E-state index contributed by atoms with van der Waals surface area (Å²) in [5, 5.41) is 3.13. The van der Waals surface area contributed by atoms with E-state index in [0.29, 0.717) is 23.3 Å². The van der Waals surface area contributed by atoms with Crippen molar-refractivity contribution in [1.82, 2.24) is 20.3 Å². The summed E-state index contributed by atoms with van der Waals surface area (Å²) in [7, 11) is 0. The van der Waals surface area contributed by atoms with Gasteiger partial charge in [-0.25, -0.2) is 9.97 Å². The van der Waals surface area contributed by atoms with Crippen LogP contribution < -0.4 is 5.32 Å². The molecule has 1 aliphatic carbocycles. The van der Waals surface area contributed by atoms with Crippen LogP contribution in [0.2, 0.25) is 0 Å². The second kappa shape index (κ2) is 5.74. The van der Waals surface area contributed by atoms with Crippen LogP contribution in [0.1, 0.15) is 41.0 Å². The van der Waals surface area contributed by atoms with E-state index in [-0.39, 0.29) is 11.3 Å². The topological polar surface area (TPSA) is 70.7 Å². The fraction of sp³-hybridized carbons (Fsp3) is 0.316. The van der Waals surface area contributed by atoms with Crippen LogP contribution in [0.3, 0.4) is 0 Å². The number of carbonyl (C=O) groups excluding carboxylic acids is 1. The molecule has 0 bridgehead atoms. The van der Waals surface area contributed by atoms with E-state index in [1.54, 1.807) is 12.3 Å². The summed E-state index contributed by atoms with van der Waals surface area (Å²) < 4.78 is 0. The fourth-order valence-electron chi connectivity index (χ4n) is 3.52. The second-order valence-corrected chi connectivity index (χ2v) is 6.56. The average molecular weight is 320 g/mol. The molecule has 0 radical (unpaired) electrons. The summed E-state index contributed by atoms with van der Waals surface area (Å²) in [5.41, 5.74) is 3.28. The summed E-state index contributed by atoms with van der Waals surface area (Å²) in [6, 6.07) is 12.2. The normalized spacial score (nSPS) is 15.9. The van der Waals surface area contributed by atoms with Crippen LogP contribution in [0.5, 0.6) is 0 Å². The predicted octanol–water partition coefficient (Wildman–Crippen LogP) is 3.12. The highest BCUT2D eigenvalue weighted by molar-refractivity contribution is 6.04. The van der Waals surface area contributed by atoms with E-state index in [1.165, 1.54) is 12.0 Å². The van der Waals surface area contributed by atoms with E-state index in [4.69, 9.17) is 0 Å². The molecule has 1 fully saturated rings. The molecule has 3 aromatic rings. The van der Waals surface area contributed by atoms with E-state index < -0.39 is 0 Å². The minimum Gasteiger partial charge on any atom is -0.351 e. The van der Waals surface area contributed by atoms with Gasteiger partial charge in [0.25, 0.3) is 5.91 Å². The number of nitrogens with zero attached hydrogens (tertiary/aromatic N) is 2. The lowest BCUT2D eigenvalue weighted by atomic mass is 9.64. The monoisotopic (exact) mass is 320 g/mol. The number of H-pyrrole nitrogens is 1. The number of hydrogen-bond donors (Lipinski definition) is 2. The van der Waals surface area contributed by atoms with Crippen molar-refractivity contribution in [3.63, 3.8) is 0 Å². The van der Waals surface area contributed by atoms with E-state index in [0.717, 1.165) is 18.7 Å². The Morgan fingerprint density at radius 2 is 2.04 bits per heavy atom. The zero-order chi connectivity index (χ0) is 16.6. The maximum atomic E-state index is 12.7. The number of hydrogen-bond acceptors (Lipinski definition) is 3. The van der Waals surface area contributed by atoms with E-state index >= 15 is 0 Å². The number of imidazole rings is 1. The molecule has 5 heteroatoms. The SMILES string of the molecule is Cc1nc2nccc(C(=O)NCC3(c4ccccc4)CCC3)c2[nH]1. The zero-order valence-corrected chi connectivity index (χ0v) is 13.7. The zero-order valence-electron chi connectivity index (χ0n) is 13.7. The molecule has 1 amide bonds. The molecule has 1 saturated carbocycles. The van der Waals surface area contributed by atoms with Gasteiger partial charge >= 0.3 is 0 Å². The second-order valence-electron chi connectivity index (χ2n) is 6.56. The first kappa shape index (κ1) is 14.9. The highest BCUT2D eigenvalue weighted by Crippen LogP contribution is 2.43. The Balaban J connectivity index is 1.56. The van der Waals surface area contributed by atoms with Gasteiger partial charge in [0.1, 0.15) is 5.82 Å². The highest BCUT2D eigenvalue weighted by Gasteiger charge is 2.38. The van der Waals surface area contributed by atoms with Crippen molar-refractivity contribution in [2.45, 2.75) is 31.6 Å².